The minimum absolute atomic E-state index is 0. The van der Waals surface area contributed by atoms with Crippen LogP contribution >= 0.6 is 58.8 Å². The second-order valence-corrected chi connectivity index (χ2v) is 21.4. The number of alkyl halides is 2. The van der Waals surface area contributed by atoms with Crippen molar-refractivity contribution in [2.45, 2.75) is 120 Å². The van der Waals surface area contributed by atoms with E-state index in [1.54, 1.807) is 55.7 Å². The standard InChI is InChI=1S/C18H21N3O.C12H16N2O2.C12H18N2.C7H6ClNO2.C6H4ClNO.C5H11N.CH2Cl2.CH4O.2CH4.ClH/c1-14-5-6-17(21-11-3-2-4-12-21)16(13-14)20-18(22)15-7-9-19-10-8-15;1-10-5-6-11(12(9-10)14(15)16)13-7-3-2-4-8-13;1-10-5-6-12(11(13)9-10)14-7-3-2-4-8-14;1-5-2-3-6(8)7(4-5)9(10)11;7-6(9)5-1-3-8-4-2-5;1-2-4-6-5-3-1;2-1-3;1-2;;;/h5-10,13H,2-4,11-12H2,1H3,(H,20,22);5-6,9H,2-4,7-8H2,1H3;5-6,9H,2-4,7-8,13H2,1H3;2-4H,1H3;1-4H;6H,1-5H2;1H2;2H,1H3;2*1H4;1H. The number of hydrogen-bond donors (Lipinski definition) is 4. The molecule has 6 aromatic rings. The van der Waals surface area contributed by atoms with Crippen molar-refractivity contribution in [2.24, 2.45) is 0 Å². The molecule has 0 spiro atoms. The third-order valence-electron chi connectivity index (χ3n) is 13.4. The lowest BCUT2D eigenvalue weighted by Crippen LogP contribution is -2.30. The van der Waals surface area contributed by atoms with Gasteiger partial charge in [0.25, 0.3) is 22.5 Å². The minimum atomic E-state index is -0.491. The minimum Gasteiger partial charge on any atom is -0.400 e. The first kappa shape index (κ1) is 79.7. The van der Waals surface area contributed by atoms with Gasteiger partial charge in [-0.25, -0.2) is 0 Å². The average molecular weight is 1290 g/mol. The van der Waals surface area contributed by atoms with E-state index in [4.69, 9.17) is 57.2 Å². The number of nitrogens with zero attached hydrogens (tertiary/aromatic N) is 7. The summed E-state index contributed by atoms with van der Waals surface area (Å²) in [5.74, 6) is -0.0914. The number of carbonyl (C=O) groups excluding carboxylic acids is 2. The van der Waals surface area contributed by atoms with E-state index < -0.39 is 10.2 Å². The number of nitrogen functional groups attached to an aromatic ring is 1. The summed E-state index contributed by atoms with van der Waals surface area (Å²) >= 11 is 20.2. The lowest BCUT2D eigenvalue weighted by atomic mass is 10.1. The number of aliphatic hydroxyl groups excluding tert-OH is 1. The highest BCUT2D eigenvalue weighted by Crippen LogP contribution is 2.33. The fourth-order valence-corrected chi connectivity index (χ4v) is 9.50. The third kappa shape index (κ3) is 29.9. The second kappa shape index (κ2) is 45.9. The van der Waals surface area contributed by atoms with Crippen LogP contribution in [0, 0.1) is 47.9 Å². The Hall–Kier alpha value is -6.31. The summed E-state index contributed by atoms with van der Waals surface area (Å²) < 4.78 is 0. The van der Waals surface area contributed by atoms with Crippen LogP contribution in [-0.2, 0) is 0 Å². The molecule has 6 heterocycles. The number of nitro benzene ring substituents is 2. The monoisotopic (exact) mass is 1290 g/mol. The third-order valence-corrected chi connectivity index (χ3v) is 13.9. The zero-order chi connectivity index (χ0) is 60.9. The van der Waals surface area contributed by atoms with Gasteiger partial charge in [-0.15, -0.1) is 35.6 Å². The van der Waals surface area contributed by atoms with Gasteiger partial charge in [-0.3, -0.25) is 39.8 Å². The summed E-state index contributed by atoms with van der Waals surface area (Å²) in [5.41, 5.74) is 16.4. The van der Waals surface area contributed by atoms with Crippen LogP contribution < -0.4 is 31.1 Å². The number of hydrogen-bond acceptors (Lipinski definition) is 14. The number of nitrogens with one attached hydrogen (secondary N) is 2. The van der Waals surface area contributed by atoms with Crippen LogP contribution in [0.25, 0.3) is 0 Å². The predicted octanol–water partition coefficient (Wildman–Crippen LogP) is 16.6. The van der Waals surface area contributed by atoms with Crippen molar-refractivity contribution in [3.05, 3.63) is 180 Å². The number of nitrogens with two attached hydrogens (primary N) is 1. The van der Waals surface area contributed by atoms with Crippen LogP contribution in [0.2, 0.25) is 5.02 Å². The van der Waals surface area contributed by atoms with E-state index in [0.29, 0.717) is 11.1 Å². The van der Waals surface area contributed by atoms with E-state index in [9.17, 15) is 29.8 Å². The maximum atomic E-state index is 12.4. The van der Waals surface area contributed by atoms with Crippen LogP contribution in [-0.4, -0.2) is 101 Å². The number of piperidine rings is 4. The van der Waals surface area contributed by atoms with Crippen molar-refractivity contribution in [2.75, 3.05) is 90.6 Å². The molecule has 4 fully saturated rings. The normalized spacial score (nSPS) is 13.7. The number of pyridine rings is 2. The lowest BCUT2D eigenvalue weighted by molar-refractivity contribution is -0.384. The Bertz CT molecular complexity index is 2850. The molecular weight excluding hydrogens is 1200 g/mol. The Morgan fingerprint density at radius 1 is 0.558 bits per heavy atom. The molecule has 22 heteroatoms. The van der Waals surface area contributed by atoms with Gasteiger partial charge in [0.1, 0.15) is 10.7 Å². The van der Waals surface area contributed by atoms with E-state index in [1.165, 1.54) is 113 Å². The molecule has 0 saturated carbocycles. The molecule has 86 heavy (non-hydrogen) atoms. The van der Waals surface area contributed by atoms with Gasteiger partial charge in [0.15, 0.2) is 0 Å². The highest BCUT2D eigenvalue weighted by atomic mass is 35.5. The molecule has 0 radical (unpaired) electrons. The van der Waals surface area contributed by atoms with Crippen LogP contribution in [0.15, 0.2) is 122 Å². The summed E-state index contributed by atoms with van der Waals surface area (Å²) in [4.78, 5) is 57.9. The first-order valence-electron chi connectivity index (χ1n) is 28.0. The topological polar surface area (TPSA) is 226 Å². The number of anilines is 5. The first-order valence-corrected chi connectivity index (χ1v) is 29.8. The molecule has 0 unspecified atom stereocenters. The summed E-state index contributed by atoms with van der Waals surface area (Å²) in [5, 5.41) is 34.6. The van der Waals surface area contributed by atoms with Crippen molar-refractivity contribution < 1.29 is 24.5 Å². The molecule has 0 atom stereocenters. The average Bonchev–Trinajstić information content (AvgIpc) is 3.72. The van der Waals surface area contributed by atoms with Crippen molar-refractivity contribution in [1.29, 1.82) is 0 Å². The highest BCUT2D eigenvalue weighted by molar-refractivity contribution is 6.67. The van der Waals surface area contributed by atoms with Crippen molar-refractivity contribution >= 4 is 110 Å². The van der Waals surface area contributed by atoms with E-state index in [-0.39, 0.29) is 59.8 Å². The van der Waals surface area contributed by atoms with E-state index >= 15 is 0 Å². The molecule has 5 N–H and O–H groups in total. The number of aryl methyl sites for hydroxylation is 4. The van der Waals surface area contributed by atoms with Gasteiger partial charge in [-0.2, -0.15) is 0 Å². The lowest BCUT2D eigenvalue weighted by Gasteiger charge is -2.30. The maximum absolute atomic E-state index is 12.4. The number of rotatable bonds is 8. The molecule has 10 rings (SSSR count). The van der Waals surface area contributed by atoms with Gasteiger partial charge in [-0.05, 0) is 206 Å². The smallest absolute Gasteiger partial charge is 0.292 e. The number of benzene rings is 4. The Balaban J connectivity index is 0.00000102. The number of amides is 1. The van der Waals surface area contributed by atoms with Gasteiger partial charge >= 0.3 is 0 Å². The van der Waals surface area contributed by atoms with Crippen molar-refractivity contribution in [3.8, 4) is 0 Å². The van der Waals surface area contributed by atoms with E-state index in [1.807, 2.05) is 32.0 Å². The fraction of sp³-hybridized carbons (Fsp3) is 0.438. The van der Waals surface area contributed by atoms with Crippen molar-refractivity contribution in [1.82, 2.24) is 15.3 Å². The van der Waals surface area contributed by atoms with E-state index in [0.717, 1.165) is 98.7 Å². The Kier molecular flexibility index (Phi) is 42.6. The zero-order valence-corrected chi connectivity index (χ0v) is 52.8. The Labute approximate surface area is 537 Å². The maximum Gasteiger partial charge on any atom is 0.292 e. The zero-order valence-electron chi connectivity index (χ0n) is 48.9. The summed E-state index contributed by atoms with van der Waals surface area (Å²) in [6, 6.07) is 29.4. The fourth-order valence-electron chi connectivity index (χ4n) is 9.18. The number of carbonyl (C=O) groups is 2. The SMILES string of the molecule is C.C.C1CCNCC1.CO.Cc1ccc(Cl)c([N+](=O)[O-])c1.Cc1ccc(N2CCCCC2)c(N)c1.Cc1ccc(N2CCCCC2)c(NC(=O)c2ccncc2)c1.Cc1ccc(N2CCCCC2)c([N+](=O)[O-])c1.Cl.ClCCl.O=C(Cl)c1ccncc1. The molecule has 17 nitrogen and oxygen atoms in total. The largest absolute Gasteiger partial charge is 0.400 e. The molecule has 4 saturated heterocycles. The van der Waals surface area contributed by atoms with E-state index in [2.05, 4.69) is 72.6 Å². The number of aliphatic hydroxyl groups is 1. The van der Waals surface area contributed by atoms with Gasteiger partial charge in [0.2, 0.25) is 0 Å². The van der Waals surface area contributed by atoms with Crippen LogP contribution in [0.3, 0.4) is 0 Å². The van der Waals surface area contributed by atoms with Crippen LogP contribution in [0.5, 0.6) is 0 Å². The summed E-state index contributed by atoms with van der Waals surface area (Å²) in [6.45, 7) is 16.6. The number of halogens is 5. The molecule has 474 valence electrons. The van der Waals surface area contributed by atoms with Gasteiger partial charge in [-0.1, -0.05) is 57.1 Å². The highest BCUT2D eigenvalue weighted by Gasteiger charge is 2.21. The molecule has 1 amide bonds. The predicted molar refractivity (Wildman–Crippen MR) is 364 cm³/mol. The molecule has 4 aliphatic rings. The quantitative estimate of drug-likeness (QED) is 0.0366. The molecule has 4 aromatic carbocycles. The summed E-state index contributed by atoms with van der Waals surface area (Å²) in [6.07, 6.45) is 21.7. The molecule has 0 bridgehead atoms. The van der Waals surface area contributed by atoms with Gasteiger partial charge in [0, 0.05) is 94.4 Å². The number of nitro groups is 2. The first-order chi connectivity index (χ1) is 40.0. The van der Waals surface area contributed by atoms with Crippen molar-refractivity contribution in [3.63, 3.8) is 0 Å². The second-order valence-electron chi connectivity index (χ2n) is 19.8. The van der Waals surface area contributed by atoms with Gasteiger partial charge < -0.3 is 36.2 Å². The molecule has 0 aliphatic carbocycles. The Morgan fingerprint density at radius 3 is 1.30 bits per heavy atom. The molecule has 4 aliphatic heterocycles. The molecular formula is C64H91Cl5N10O7. The summed E-state index contributed by atoms with van der Waals surface area (Å²) in [7, 11) is 1.00. The molecule has 2 aromatic heterocycles. The van der Waals surface area contributed by atoms with Crippen LogP contribution in [0.1, 0.15) is 135 Å². The number of aromatic nitrogens is 2. The van der Waals surface area contributed by atoms with Crippen LogP contribution in [0.4, 0.5) is 39.8 Å². The Morgan fingerprint density at radius 2 is 0.919 bits per heavy atom. The van der Waals surface area contributed by atoms with Gasteiger partial charge in [0.05, 0.1) is 37.9 Å².